The van der Waals surface area contributed by atoms with Crippen molar-refractivity contribution in [1.29, 1.82) is 0 Å². The van der Waals surface area contributed by atoms with Crippen molar-refractivity contribution in [1.82, 2.24) is 9.67 Å². The Balaban J connectivity index is 2.39. The van der Waals surface area contributed by atoms with Gasteiger partial charge in [-0.25, -0.2) is 0 Å². The van der Waals surface area contributed by atoms with Crippen LogP contribution in [0.1, 0.15) is 0 Å². The van der Waals surface area contributed by atoms with Crippen LogP contribution < -0.4 is 4.68 Å². The largest absolute Gasteiger partial charge is 0.306 e. The van der Waals surface area contributed by atoms with E-state index in [-0.39, 0.29) is 0 Å². The van der Waals surface area contributed by atoms with Crippen LogP contribution in [0.4, 0.5) is 0 Å². The summed E-state index contributed by atoms with van der Waals surface area (Å²) in [6, 6.07) is 0. The number of hydrogen-bond acceptors (Lipinski definition) is 1. The van der Waals surface area contributed by atoms with Crippen molar-refractivity contribution in [2.24, 2.45) is 0 Å². The maximum atomic E-state index is 5.09. The molecule has 0 aromatic carbocycles. The Labute approximate surface area is 58.7 Å². The van der Waals surface area contributed by atoms with Gasteiger partial charge in [0.15, 0.2) is 0 Å². The van der Waals surface area contributed by atoms with Crippen LogP contribution in [0.3, 0.4) is 0 Å². The SMILES string of the molecule is [S]C1Cn2cnc[n+]2C1. The molecule has 1 radical (unpaired) electrons. The van der Waals surface area contributed by atoms with Crippen molar-refractivity contribution in [2.75, 3.05) is 0 Å². The van der Waals surface area contributed by atoms with Gasteiger partial charge in [-0.1, -0.05) is 12.6 Å². The molecule has 0 aliphatic carbocycles. The maximum Gasteiger partial charge on any atom is 0.306 e. The van der Waals surface area contributed by atoms with Gasteiger partial charge in [0.1, 0.15) is 6.54 Å². The highest BCUT2D eigenvalue weighted by atomic mass is 32.1. The molecule has 1 aliphatic heterocycles. The van der Waals surface area contributed by atoms with Gasteiger partial charge in [0, 0.05) is 0 Å². The van der Waals surface area contributed by atoms with E-state index in [1.54, 1.807) is 0 Å². The second-order valence-electron chi connectivity index (χ2n) is 2.25. The van der Waals surface area contributed by atoms with Crippen LogP contribution in [0, 0.1) is 0 Å². The fourth-order valence-corrected chi connectivity index (χ4v) is 1.40. The molecular formula is C5H7N3S+. The van der Waals surface area contributed by atoms with Crippen molar-refractivity contribution in [3.63, 3.8) is 0 Å². The molecule has 0 atom stereocenters. The molecular weight excluding hydrogens is 134 g/mol. The molecule has 0 bridgehead atoms. The third-order valence-corrected chi connectivity index (χ3v) is 1.81. The normalized spacial score (nSPS) is 24.3. The first-order valence-electron chi connectivity index (χ1n) is 2.92. The summed E-state index contributed by atoms with van der Waals surface area (Å²) in [6.07, 6.45) is 3.62. The minimum Gasteiger partial charge on any atom is -0.180 e. The van der Waals surface area contributed by atoms with Crippen molar-refractivity contribution in [2.45, 2.75) is 18.3 Å². The van der Waals surface area contributed by atoms with Crippen LogP contribution in [0.2, 0.25) is 0 Å². The van der Waals surface area contributed by atoms with Crippen molar-refractivity contribution in [3.05, 3.63) is 12.7 Å². The minimum absolute atomic E-state index is 0.369. The van der Waals surface area contributed by atoms with E-state index >= 15 is 0 Å². The lowest BCUT2D eigenvalue weighted by molar-refractivity contribution is -0.758. The Morgan fingerprint density at radius 1 is 1.78 bits per heavy atom. The average Bonchev–Trinajstić information content (AvgIpc) is 2.22. The van der Waals surface area contributed by atoms with Crippen LogP contribution in [-0.4, -0.2) is 14.9 Å². The first-order chi connectivity index (χ1) is 4.36. The van der Waals surface area contributed by atoms with Gasteiger partial charge in [-0.2, -0.15) is 9.36 Å². The smallest absolute Gasteiger partial charge is 0.180 e. The standard InChI is InChI=1S/C5H7N3S/c9-5-1-7-3-6-4-8(7)2-5/h3-5H,1-2H2/q+1. The van der Waals surface area contributed by atoms with Crippen LogP contribution in [0.5, 0.6) is 0 Å². The molecule has 0 amide bonds. The number of nitrogens with zero attached hydrogens (tertiary/aromatic N) is 3. The summed E-state index contributed by atoms with van der Waals surface area (Å²) < 4.78 is 4.08. The number of rotatable bonds is 0. The molecule has 0 spiro atoms. The predicted molar refractivity (Wildman–Crippen MR) is 33.8 cm³/mol. The van der Waals surface area contributed by atoms with Crippen molar-refractivity contribution >= 4 is 12.6 Å². The van der Waals surface area contributed by atoms with Crippen LogP contribution in [0.25, 0.3) is 0 Å². The average molecular weight is 141 g/mol. The lowest BCUT2D eigenvalue weighted by Gasteiger charge is -1.86. The molecule has 0 saturated carbocycles. The lowest BCUT2D eigenvalue weighted by Crippen LogP contribution is -2.36. The second kappa shape index (κ2) is 1.73. The molecule has 2 rings (SSSR count). The molecule has 0 fully saturated rings. The van der Waals surface area contributed by atoms with Gasteiger partial charge in [-0.15, -0.1) is 0 Å². The van der Waals surface area contributed by atoms with Crippen LogP contribution >= 0.6 is 12.6 Å². The number of aromatic nitrogens is 3. The van der Waals surface area contributed by atoms with E-state index in [4.69, 9.17) is 12.6 Å². The monoisotopic (exact) mass is 141 g/mol. The fourth-order valence-electron chi connectivity index (χ4n) is 1.10. The number of hydrogen-bond donors (Lipinski definition) is 0. The van der Waals surface area contributed by atoms with Crippen molar-refractivity contribution in [3.8, 4) is 0 Å². The van der Waals surface area contributed by atoms with E-state index in [2.05, 4.69) is 4.98 Å². The maximum absolute atomic E-state index is 5.09. The molecule has 3 nitrogen and oxygen atoms in total. The van der Waals surface area contributed by atoms with Gasteiger partial charge in [0.25, 0.3) is 0 Å². The summed E-state index contributed by atoms with van der Waals surface area (Å²) in [7, 11) is 0. The van der Waals surface area contributed by atoms with Crippen LogP contribution in [0.15, 0.2) is 12.7 Å². The third-order valence-electron chi connectivity index (χ3n) is 1.51. The summed E-state index contributed by atoms with van der Waals surface area (Å²) in [4.78, 5) is 3.96. The lowest BCUT2D eigenvalue weighted by atomic mass is 10.4. The Hall–Kier alpha value is -0.510. The minimum atomic E-state index is 0.369. The molecule has 1 aliphatic rings. The third kappa shape index (κ3) is 0.738. The summed E-state index contributed by atoms with van der Waals surface area (Å²) in [5.41, 5.74) is 0. The first-order valence-corrected chi connectivity index (χ1v) is 3.39. The van der Waals surface area contributed by atoms with E-state index < -0.39 is 0 Å². The Bertz CT molecular complexity index is 199. The zero-order chi connectivity index (χ0) is 6.27. The van der Waals surface area contributed by atoms with Crippen LogP contribution in [-0.2, 0) is 13.1 Å². The topological polar surface area (TPSA) is 21.7 Å². The Morgan fingerprint density at radius 3 is 3.44 bits per heavy atom. The van der Waals surface area contributed by atoms with Crippen molar-refractivity contribution < 1.29 is 4.68 Å². The van der Waals surface area contributed by atoms with Gasteiger partial charge in [0.05, 0.1) is 11.8 Å². The van der Waals surface area contributed by atoms with E-state index in [1.807, 2.05) is 22.0 Å². The highest BCUT2D eigenvalue weighted by Gasteiger charge is 2.22. The molecule has 2 heterocycles. The molecule has 4 heteroatoms. The highest BCUT2D eigenvalue weighted by Crippen LogP contribution is 2.03. The zero-order valence-corrected chi connectivity index (χ0v) is 5.71. The van der Waals surface area contributed by atoms with E-state index in [9.17, 15) is 0 Å². The first kappa shape index (κ1) is 5.29. The summed E-state index contributed by atoms with van der Waals surface area (Å²) in [5.74, 6) is 0. The Morgan fingerprint density at radius 2 is 2.67 bits per heavy atom. The Kier molecular flexibility index (Phi) is 1.02. The molecule has 47 valence electrons. The van der Waals surface area contributed by atoms with E-state index in [0.29, 0.717) is 5.25 Å². The highest BCUT2D eigenvalue weighted by molar-refractivity contribution is 7.80. The molecule has 0 saturated heterocycles. The fraction of sp³-hybridized carbons (Fsp3) is 0.600. The van der Waals surface area contributed by atoms with Gasteiger partial charge >= 0.3 is 6.33 Å². The zero-order valence-electron chi connectivity index (χ0n) is 4.90. The quantitative estimate of drug-likeness (QED) is 0.457. The second-order valence-corrected chi connectivity index (χ2v) is 2.91. The summed E-state index contributed by atoms with van der Waals surface area (Å²) in [5, 5.41) is 0.369. The van der Waals surface area contributed by atoms with E-state index in [0.717, 1.165) is 13.1 Å². The predicted octanol–water partition coefficient (Wildman–Crippen LogP) is -0.250. The van der Waals surface area contributed by atoms with Gasteiger partial charge in [0.2, 0.25) is 6.33 Å². The number of fused-ring (bicyclic) bond motifs is 1. The molecule has 1 aromatic heterocycles. The summed E-state index contributed by atoms with van der Waals surface area (Å²) >= 11 is 5.09. The van der Waals surface area contributed by atoms with Gasteiger partial charge in [-0.3, -0.25) is 0 Å². The van der Waals surface area contributed by atoms with Gasteiger partial charge in [-0.05, 0) is 4.98 Å². The van der Waals surface area contributed by atoms with E-state index in [1.165, 1.54) is 0 Å². The molecule has 1 aromatic rings. The molecule has 0 N–H and O–H groups in total. The molecule has 9 heavy (non-hydrogen) atoms. The summed E-state index contributed by atoms with van der Waals surface area (Å²) in [6.45, 7) is 1.88. The van der Waals surface area contributed by atoms with Gasteiger partial charge < -0.3 is 0 Å². The molecule has 0 unspecified atom stereocenters.